The fraction of sp³-hybridized carbons (Fsp3) is 0.462. The number of hydrogen-bond donors (Lipinski definition) is 3. The zero-order chi connectivity index (χ0) is 38.3. The minimum atomic E-state index is -1.23. The van der Waals surface area contributed by atoms with Crippen molar-refractivity contribution in [2.75, 3.05) is 6.54 Å². The Balaban J connectivity index is 1.52. The number of aromatic nitrogens is 1. The second-order valence-electron chi connectivity index (χ2n) is 14.6. The number of likely N-dealkylation sites (tertiary alicyclic amines) is 1. The number of carboxylic acid groups (broad SMARTS) is 1. The van der Waals surface area contributed by atoms with Gasteiger partial charge in [-0.25, -0.2) is 14.6 Å². The molecule has 2 aromatic carbocycles. The molecule has 2 aliphatic rings. The summed E-state index contributed by atoms with van der Waals surface area (Å²) in [6.07, 6.45) is 4.52. The summed E-state index contributed by atoms with van der Waals surface area (Å²) in [6, 6.07) is 11.9. The van der Waals surface area contributed by atoms with Crippen LogP contribution in [0.2, 0.25) is 0 Å². The van der Waals surface area contributed by atoms with Crippen molar-refractivity contribution in [3.8, 4) is 17.0 Å². The maximum atomic E-state index is 14.6. The van der Waals surface area contributed by atoms with Gasteiger partial charge in [0.15, 0.2) is 0 Å². The highest BCUT2D eigenvalue weighted by atomic mass is 16.6. The highest BCUT2D eigenvalue weighted by molar-refractivity contribution is 5.94. The van der Waals surface area contributed by atoms with Gasteiger partial charge in [-0.1, -0.05) is 55.7 Å². The number of nitro benzene ring substituents is 1. The molecule has 0 spiro atoms. The summed E-state index contributed by atoms with van der Waals surface area (Å²) in [5, 5.41) is 27.4. The van der Waals surface area contributed by atoms with Gasteiger partial charge in [-0.2, -0.15) is 0 Å². The Kier molecular flexibility index (Phi) is 12.3. The fourth-order valence-corrected chi connectivity index (χ4v) is 6.98. The van der Waals surface area contributed by atoms with Crippen LogP contribution in [-0.4, -0.2) is 80.2 Å². The Labute approximate surface area is 308 Å². The summed E-state index contributed by atoms with van der Waals surface area (Å²) in [5.41, 5.74) is 0.781. The second kappa shape index (κ2) is 16.9. The standard InChI is InChI=1S/C39H47N5O9/c1-5-6-17-30(37(47)48)41-35(45)32-21-27(23-43(32)36(46)34(25-15-11-8-12-16-25)42-38(49)53-39(2,3)4)52-33-22-31(24-13-9-7-10-14-24)40-29-19-18-26(44(50)51)20-28(29)33/h5,7,9-10,13-14,18-20,22,25,27,30,32,34H,1,6,8,11-12,15-17,21,23H2,2-4H3,(H,41,45)(H,42,49)(H,47,48)/t27?,30-,32-,34-/m0/s1. The molecule has 5 rings (SSSR count). The van der Waals surface area contributed by atoms with Gasteiger partial charge in [0.1, 0.15) is 35.6 Å². The van der Waals surface area contributed by atoms with Crippen LogP contribution in [0.15, 0.2) is 67.3 Å². The molecule has 2 heterocycles. The monoisotopic (exact) mass is 729 g/mol. The normalized spacial score (nSPS) is 18.8. The van der Waals surface area contributed by atoms with Crippen LogP contribution in [-0.2, 0) is 19.1 Å². The average Bonchev–Trinajstić information content (AvgIpc) is 3.55. The van der Waals surface area contributed by atoms with Gasteiger partial charge in [0.2, 0.25) is 11.8 Å². The number of amides is 3. The van der Waals surface area contributed by atoms with Crippen LogP contribution in [0.5, 0.6) is 5.75 Å². The van der Waals surface area contributed by atoms with E-state index < -0.39 is 58.6 Å². The molecule has 3 N–H and O–H groups in total. The Morgan fingerprint density at radius 1 is 1.08 bits per heavy atom. The number of non-ortho nitro benzene ring substituents is 1. The maximum absolute atomic E-state index is 14.6. The molecule has 3 aromatic rings. The number of ether oxygens (including phenoxy) is 2. The Hall–Kier alpha value is -5.53. The zero-order valence-corrected chi connectivity index (χ0v) is 30.3. The van der Waals surface area contributed by atoms with E-state index in [9.17, 15) is 34.4 Å². The molecule has 14 heteroatoms. The van der Waals surface area contributed by atoms with Gasteiger partial charge in [0.25, 0.3) is 5.69 Å². The zero-order valence-electron chi connectivity index (χ0n) is 30.3. The molecule has 0 bridgehead atoms. The van der Waals surface area contributed by atoms with Gasteiger partial charge in [0.05, 0.1) is 22.7 Å². The number of carboxylic acids is 1. The number of alkyl carbamates (subject to hydrolysis) is 1. The minimum Gasteiger partial charge on any atom is -0.488 e. The van der Waals surface area contributed by atoms with E-state index in [0.717, 1.165) is 24.8 Å². The van der Waals surface area contributed by atoms with Crippen molar-refractivity contribution in [2.24, 2.45) is 5.92 Å². The third-order valence-corrected chi connectivity index (χ3v) is 9.51. The number of nitrogens with one attached hydrogen (secondary N) is 2. The van der Waals surface area contributed by atoms with Crippen molar-refractivity contribution in [3.63, 3.8) is 0 Å². The molecule has 1 saturated carbocycles. The lowest BCUT2D eigenvalue weighted by Crippen LogP contribution is -2.57. The highest BCUT2D eigenvalue weighted by Crippen LogP contribution is 2.36. The molecular weight excluding hydrogens is 682 g/mol. The third-order valence-electron chi connectivity index (χ3n) is 9.51. The summed E-state index contributed by atoms with van der Waals surface area (Å²) in [7, 11) is 0. The van der Waals surface area contributed by atoms with Crippen LogP contribution in [0.1, 0.15) is 72.1 Å². The summed E-state index contributed by atoms with van der Waals surface area (Å²) >= 11 is 0. The molecule has 14 nitrogen and oxygen atoms in total. The van der Waals surface area contributed by atoms with E-state index >= 15 is 0 Å². The van der Waals surface area contributed by atoms with Gasteiger partial charge in [-0.3, -0.25) is 19.7 Å². The van der Waals surface area contributed by atoms with E-state index in [1.165, 1.54) is 17.0 Å². The molecule has 4 atom stereocenters. The van der Waals surface area contributed by atoms with Crippen molar-refractivity contribution < 1.29 is 38.7 Å². The van der Waals surface area contributed by atoms with E-state index in [-0.39, 0.29) is 36.7 Å². The van der Waals surface area contributed by atoms with Crippen LogP contribution in [0.3, 0.4) is 0 Å². The molecule has 0 radical (unpaired) electrons. The van der Waals surface area contributed by atoms with Crippen LogP contribution < -0.4 is 15.4 Å². The lowest BCUT2D eigenvalue weighted by Gasteiger charge is -2.35. The number of pyridine rings is 1. The van der Waals surface area contributed by atoms with Gasteiger partial charge in [-0.15, -0.1) is 6.58 Å². The molecule has 53 heavy (non-hydrogen) atoms. The first-order chi connectivity index (χ1) is 25.2. The molecule has 1 aromatic heterocycles. The van der Waals surface area contributed by atoms with Gasteiger partial charge in [0, 0.05) is 35.6 Å². The summed E-state index contributed by atoms with van der Waals surface area (Å²) in [5.74, 6) is -2.37. The largest absolute Gasteiger partial charge is 0.488 e. The number of aliphatic carboxylic acids is 1. The van der Waals surface area contributed by atoms with Gasteiger partial charge in [-0.05, 0) is 58.4 Å². The smallest absolute Gasteiger partial charge is 0.408 e. The first-order valence-corrected chi connectivity index (χ1v) is 18.0. The highest BCUT2D eigenvalue weighted by Gasteiger charge is 2.46. The van der Waals surface area contributed by atoms with Crippen molar-refractivity contribution in [1.29, 1.82) is 0 Å². The average molecular weight is 730 g/mol. The molecular formula is C39H47N5O9. The Bertz CT molecular complexity index is 1840. The first kappa shape index (κ1) is 38.7. The van der Waals surface area contributed by atoms with Crippen LogP contribution in [0, 0.1) is 16.0 Å². The van der Waals surface area contributed by atoms with Crippen LogP contribution in [0.25, 0.3) is 22.2 Å². The number of nitrogens with zero attached hydrogens (tertiary/aromatic N) is 3. The first-order valence-electron chi connectivity index (χ1n) is 18.0. The van der Waals surface area contributed by atoms with Gasteiger partial charge < -0.3 is 30.1 Å². The quantitative estimate of drug-likeness (QED) is 0.104. The molecule has 282 valence electrons. The molecule has 1 saturated heterocycles. The molecule has 1 aliphatic heterocycles. The van der Waals surface area contributed by atoms with Crippen molar-refractivity contribution in [3.05, 3.63) is 77.4 Å². The number of hydrogen-bond acceptors (Lipinski definition) is 9. The number of benzene rings is 2. The van der Waals surface area contributed by atoms with Gasteiger partial charge >= 0.3 is 12.1 Å². The number of carbonyl (C=O) groups is 4. The maximum Gasteiger partial charge on any atom is 0.408 e. The number of fused-ring (bicyclic) bond motifs is 1. The van der Waals surface area contributed by atoms with Crippen LogP contribution >= 0.6 is 0 Å². The van der Waals surface area contributed by atoms with Crippen molar-refractivity contribution in [1.82, 2.24) is 20.5 Å². The van der Waals surface area contributed by atoms with Crippen molar-refractivity contribution in [2.45, 2.75) is 102 Å². The lowest BCUT2D eigenvalue weighted by atomic mass is 9.83. The topological polar surface area (TPSA) is 190 Å². The molecule has 1 aliphatic carbocycles. The van der Waals surface area contributed by atoms with Crippen molar-refractivity contribution >= 4 is 40.5 Å². The van der Waals surface area contributed by atoms with E-state index in [2.05, 4.69) is 17.2 Å². The number of nitro groups is 1. The van der Waals surface area contributed by atoms with E-state index in [4.69, 9.17) is 14.5 Å². The second-order valence-corrected chi connectivity index (χ2v) is 14.6. The summed E-state index contributed by atoms with van der Waals surface area (Å²) in [4.78, 5) is 71.1. The predicted molar refractivity (Wildman–Crippen MR) is 197 cm³/mol. The molecule has 3 amide bonds. The SMILES string of the molecule is C=CCC[C@H](NC(=O)[C@@H]1CC(Oc2cc(-c3ccccc3)nc3ccc([N+](=O)[O-])cc23)CN1C(=O)[C@@H](NC(=O)OC(C)(C)C)C1CCCCC1)C(=O)O. The third kappa shape index (κ3) is 9.87. The van der Waals surface area contributed by atoms with Crippen LogP contribution in [0.4, 0.5) is 10.5 Å². The minimum absolute atomic E-state index is 0.0192. The number of allylic oxidation sites excluding steroid dienone is 1. The summed E-state index contributed by atoms with van der Waals surface area (Å²) < 4.78 is 12.1. The molecule has 2 fully saturated rings. The molecule has 1 unspecified atom stereocenters. The van der Waals surface area contributed by atoms with E-state index in [1.807, 2.05) is 30.3 Å². The lowest BCUT2D eigenvalue weighted by molar-refractivity contribution is -0.384. The Morgan fingerprint density at radius 2 is 1.79 bits per heavy atom. The summed E-state index contributed by atoms with van der Waals surface area (Å²) in [6.45, 7) is 8.72. The predicted octanol–water partition coefficient (Wildman–Crippen LogP) is 6.17. The number of rotatable bonds is 13. The van der Waals surface area contributed by atoms with E-state index in [0.29, 0.717) is 35.9 Å². The fourth-order valence-electron chi connectivity index (χ4n) is 6.98. The number of carbonyl (C=O) groups excluding carboxylic acids is 3. The Morgan fingerprint density at radius 3 is 2.43 bits per heavy atom. The van der Waals surface area contributed by atoms with E-state index in [1.54, 1.807) is 39.0 Å².